The van der Waals surface area contributed by atoms with Crippen LogP contribution < -0.4 is 0 Å². The van der Waals surface area contributed by atoms with Crippen molar-refractivity contribution in [2.24, 2.45) is 0 Å². The van der Waals surface area contributed by atoms with Crippen molar-refractivity contribution < 1.29 is 9.59 Å². The molecule has 1 aliphatic rings. The Balaban J connectivity index is 1.56. The molecule has 1 fully saturated rings. The molecule has 0 bridgehead atoms. The minimum absolute atomic E-state index is 0.0169. The van der Waals surface area contributed by atoms with E-state index in [4.69, 9.17) is 0 Å². The number of amides is 2. The maximum absolute atomic E-state index is 12.4. The predicted molar refractivity (Wildman–Crippen MR) is 96.9 cm³/mol. The minimum atomic E-state index is -0.0318. The third-order valence-electron chi connectivity index (χ3n) is 4.38. The van der Waals surface area contributed by atoms with Gasteiger partial charge >= 0.3 is 0 Å². The van der Waals surface area contributed by atoms with Crippen LogP contribution in [0.2, 0.25) is 0 Å². The molecule has 0 unspecified atom stereocenters. The molecule has 0 N–H and O–H groups in total. The molecular weight excluding hydrogens is 314 g/mol. The van der Waals surface area contributed by atoms with E-state index in [1.54, 1.807) is 40.4 Å². The van der Waals surface area contributed by atoms with Gasteiger partial charge in [0.05, 0.1) is 5.56 Å². The molecule has 5 nitrogen and oxygen atoms in total. The average Bonchev–Trinajstić information content (AvgIpc) is 2.67. The van der Waals surface area contributed by atoms with Crippen LogP contribution in [0.25, 0.3) is 6.08 Å². The van der Waals surface area contributed by atoms with Crippen molar-refractivity contribution in [1.82, 2.24) is 14.8 Å². The number of rotatable bonds is 3. The van der Waals surface area contributed by atoms with Crippen molar-refractivity contribution in [3.8, 4) is 0 Å². The standard InChI is InChI=1S/C20H21N3O2/c1-16-5-2-3-6-17(16)8-9-19(24)22-11-13-23(14-12-22)20(25)18-7-4-10-21-15-18/h2-10,15H,11-14H2,1H3/b9-8+. The fraction of sp³-hybridized carbons (Fsp3) is 0.250. The number of carbonyl (C=O) groups excluding carboxylic acids is 2. The highest BCUT2D eigenvalue weighted by Gasteiger charge is 2.23. The molecule has 0 radical (unpaired) electrons. The number of piperazine rings is 1. The van der Waals surface area contributed by atoms with Crippen molar-refractivity contribution in [3.63, 3.8) is 0 Å². The first-order chi connectivity index (χ1) is 12.1. The van der Waals surface area contributed by atoms with Crippen molar-refractivity contribution in [3.05, 3.63) is 71.6 Å². The average molecular weight is 335 g/mol. The molecule has 2 amide bonds. The smallest absolute Gasteiger partial charge is 0.255 e. The number of hydrogen-bond acceptors (Lipinski definition) is 3. The van der Waals surface area contributed by atoms with Gasteiger partial charge in [-0.05, 0) is 36.3 Å². The van der Waals surface area contributed by atoms with Crippen molar-refractivity contribution in [2.75, 3.05) is 26.2 Å². The van der Waals surface area contributed by atoms with Crippen molar-refractivity contribution >= 4 is 17.9 Å². The van der Waals surface area contributed by atoms with E-state index in [-0.39, 0.29) is 11.8 Å². The highest BCUT2D eigenvalue weighted by atomic mass is 16.2. The van der Waals surface area contributed by atoms with Crippen LogP contribution in [-0.2, 0) is 4.79 Å². The molecule has 128 valence electrons. The fourth-order valence-electron chi connectivity index (χ4n) is 2.84. The summed E-state index contributed by atoms with van der Waals surface area (Å²) in [6, 6.07) is 11.5. The van der Waals surface area contributed by atoms with Gasteiger partial charge in [-0.15, -0.1) is 0 Å². The molecular formula is C20H21N3O2. The number of benzene rings is 1. The van der Waals surface area contributed by atoms with Gasteiger partial charge < -0.3 is 9.80 Å². The first-order valence-corrected chi connectivity index (χ1v) is 8.37. The Bertz CT molecular complexity index is 779. The lowest BCUT2D eigenvalue weighted by atomic mass is 10.1. The van der Waals surface area contributed by atoms with E-state index >= 15 is 0 Å². The summed E-state index contributed by atoms with van der Waals surface area (Å²) in [5.74, 6) is -0.0487. The van der Waals surface area contributed by atoms with Crippen molar-refractivity contribution in [1.29, 1.82) is 0 Å². The topological polar surface area (TPSA) is 53.5 Å². The Hall–Kier alpha value is -2.95. The van der Waals surface area contributed by atoms with E-state index in [1.165, 1.54) is 0 Å². The second-order valence-corrected chi connectivity index (χ2v) is 6.05. The van der Waals surface area contributed by atoms with E-state index in [0.29, 0.717) is 31.7 Å². The van der Waals surface area contributed by atoms with Crippen LogP contribution >= 0.6 is 0 Å². The second kappa shape index (κ2) is 7.75. The number of aromatic nitrogens is 1. The number of hydrogen-bond donors (Lipinski definition) is 0. The number of aryl methyl sites for hydroxylation is 1. The van der Waals surface area contributed by atoms with Gasteiger partial charge in [0, 0.05) is 44.6 Å². The Morgan fingerprint density at radius 2 is 1.72 bits per heavy atom. The molecule has 5 heteroatoms. The van der Waals surface area contributed by atoms with Gasteiger partial charge in [-0.25, -0.2) is 0 Å². The van der Waals surface area contributed by atoms with Gasteiger partial charge in [0.15, 0.2) is 0 Å². The lowest BCUT2D eigenvalue weighted by Crippen LogP contribution is -2.50. The SMILES string of the molecule is Cc1ccccc1/C=C/C(=O)N1CCN(C(=O)c2cccnc2)CC1. The fourth-order valence-corrected chi connectivity index (χ4v) is 2.84. The second-order valence-electron chi connectivity index (χ2n) is 6.05. The molecule has 3 rings (SSSR count). The van der Waals surface area contributed by atoms with Gasteiger partial charge in [-0.3, -0.25) is 14.6 Å². The molecule has 2 heterocycles. The zero-order valence-electron chi connectivity index (χ0n) is 14.3. The molecule has 0 aliphatic carbocycles. The number of nitrogens with zero attached hydrogens (tertiary/aromatic N) is 3. The summed E-state index contributed by atoms with van der Waals surface area (Å²) in [5, 5.41) is 0. The van der Waals surface area contributed by atoms with Crippen LogP contribution in [0.5, 0.6) is 0 Å². The number of carbonyl (C=O) groups is 2. The van der Waals surface area contributed by atoms with Gasteiger partial charge in [-0.1, -0.05) is 24.3 Å². The molecule has 0 atom stereocenters. The number of pyridine rings is 1. The predicted octanol–water partition coefficient (Wildman–Crippen LogP) is 2.39. The molecule has 2 aromatic rings. The zero-order chi connectivity index (χ0) is 17.6. The monoisotopic (exact) mass is 335 g/mol. The maximum atomic E-state index is 12.4. The molecule has 1 aromatic carbocycles. The largest absolute Gasteiger partial charge is 0.336 e. The quantitative estimate of drug-likeness (QED) is 0.809. The molecule has 0 saturated carbocycles. The van der Waals surface area contributed by atoms with E-state index in [0.717, 1.165) is 11.1 Å². The molecule has 25 heavy (non-hydrogen) atoms. The lowest BCUT2D eigenvalue weighted by molar-refractivity contribution is -0.127. The van der Waals surface area contributed by atoms with Crippen LogP contribution in [0.1, 0.15) is 21.5 Å². The van der Waals surface area contributed by atoms with Gasteiger partial charge in [-0.2, -0.15) is 0 Å². The highest BCUT2D eigenvalue weighted by molar-refractivity contribution is 5.95. The summed E-state index contributed by atoms with van der Waals surface area (Å²) in [5.41, 5.74) is 2.77. The molecule has 0 spiro atoms. The van der Waals surface area contributed by atoms with Gasteiger partial charge in [0.1, 0.15) is 0 Å². The summed E-state index contributed by atoms with van der Waals surface area (Å²) < 4.78 is 0. The van der Waals surface area contributed by atoms with Crippen LogP contribution in [0.15, 0.2) is 54.9 Å². The molecule has 1 saturated heterocycles. The van der Waals surface area contributed by atoms with Gasteiger partial charge in [0.25, 0.3) is 5.91 Å². The van der Waals surface area contributed by atoms with Crippen LogP contribution in [0.3, 0.4) is 0 Å². The summed E-state index contributed by atoms with van der Waals surface area (Å²) >= 11 is 0. The Labute approximate surface area is 147 Å². The summed E-state index contributed by atoms with van der Waals surface area (Å²) in [4.78, 5) is 32.3. The Morgan fingerprint density at radius 3 is 2.40 bits per heavy atom. The summed E-state index contributed by atoms with van der Waals surface area (Å²) in [7, 11) is 0. The summed E-state index contributed by atoms with van der Waals surface area (Å²) in [6.45, 7) is 4.19. The van der Waals surface area contributed by atoms with E-state index in [1.807, 2.05) is 37.3 Å². The zero-order valence-corrected chi connectivity index (χ0v) is 14.3. The highest BCUT2D eigenvalue weighted by Crippen LogP contribution is 2.11. The van der Waals surface area contributed by atoms with Crippen molar-refractivity contribution in [2.45, 2.75) is 6.92 Å². The Kier molecular flexibility index (Phi) is 5.23. The lowest BCUT2D eigenvalue weighted by Gasteiger charge is -2.34. The van der Waals surface area contributed by atoms with E-state index < -0.39 is 0 Å². The first kappa shape index (κ1) is 16.9. The molecule has 1 aromatic heterocycles. The third-order valence-corrected chi connectivity index (χ3v) is 4.38. The van der Waals surface area contributed by atoms with Gasteiger partial charge in [0.2, 0.25) is 5.91 Å². The summed E-state index contributed by atoms with van der Waals surface area (Å²) in [6.07, 6.45) is 6.69. The van der Waals surface area contributed by atoms with Crippen LogP contribution in [0, 0.1) is 6.92 Å². The Morgan fingerprint density at radius 1 is 1.00 bits per heavy atom. The normalized spacial score (nSPS) is 14.8. The van der Waals surface area contributed by atoms with E-state index in [2.05, 4.69) is 4.98 Å². The maximum Gasteiger partial charge on any atom is 0.255 e. The van der Waals surface area contributed by atoms with Crippen LogP contribution in [-0.4, -0.2) is 52.8 Å². The van der Waals surface area contributed by atoms with Crippen LogP contribution in [0.4, 0.5) is 0 Å². The minimum Gasteiger partial charge on any atom is -0.336 e. The first-order valence-electron chi connectivity index (χ1n) is 8.37. The third kappa shape index (κ3) is 4.12. The van der Waals surface area contributed by atoms with E-state index in [9.17, 15) is 9.59 Å². The molecule has 1 aliphatic heterocycles.